The van der Waals surface area contributed by atoms with E-state index >= 15 is 0 Å². The first kappa shape index (κ1) is 12.7. The van der Waals surface area contributed by atoms with E-state index in [-0.39, 0.29) is 0 Å². The van der Waals surface area contributed by atoms with E-state index < -0.39 is 5.79 Å². The summed E-state index contributed by atoms with van der Waals surface area (Å²) < 4.78 is 0. The van der Waals surface area contributed by atoms with Crippen LogP contribution in [0.4, 0.5) is 0 Å². The highest BCUT2D eigenvalue weighted by atomic mass is 15.3. The second-order valence-electron chi connectivity index (χ2n) is 5.13. The zero-order chi connectivity index (χ0) is 14.2. The van der Waals surface area contributed by atoms with Crippen LogP contribution in [0.1, 0.15) is 25.3 Å². The second kappa shape index (κ2) is 4.68. The fraction of sp³-hybridized carbons (Fsp3) is 0.267. The molecule has 2 aromatic rings. The minimum Gasteiger partial charge on any atom is -0.384 e. The number of hydrogen-bond acceptors (Lipinski definition) is 4. The molecule has 1 atom stereocenters. The van der Waals surface area contributed by atoms with Crippen molar-refractivity contribution < 1.29 is 0 Å². The van der Waals surface area contributed by atoms with Crippen molar-refractivity contribution in [1.82, 2.24) is 10.3 Å². The van der Waals surface area contributed by atoms with E-state index in [9.17, 15) is 0 Å². The molecule has 0 radical (unpaired) electrons. The van der Waals surface area contributed by atoms with Crippen LogP contribution in [0.3, 0.4) is 0 Å². The summed E-state index contributed by atoms with van der Waals surface area (Å²) >= 11 is 0. The molecule has 3 rings (SSSR count). The second-order valence-corrected chi connectivity index (χ2v) is 5.13. The molecule has 5 heteroatoms. The van der Waals surface area contributed by atoms with Gasteiger partial charge in [0, 0.05) is 23.0 Å². The molecule has 6 N–H and O–H groups in total. The highest BCUT2D eigenvalue weighted by Crippen LogP contribution is 2.25. The van der Waals surface area contributed by atoms with Crippen LogP contribution in [0.5, 0.6) is 0 Å². The Labute approximate surface area is 117 Å². The molecule has 20 heavy (non-hydrogen) atoms. The lowest BCUT2D eigenvalue weighted by molar-refractivity contribution is 0.387. The molecular weight excluding hydrogens is 250 g/mol. The number of nitrogens with zero attached hydrogens (tertiary/aromatic N) is 1. The number of aromatic amines is 1. The van der Waals surface area contributed by atoms with E-state index in [4.69, 9.17) is 11.5 Å². The molecule has 1 aromatic carbocycles. The molecule has 2 heterocycles. The van der Waals surface area contributed by atoms with Crippen molar-refractivity contribution in [1.29, 1.82) is 0 Å². The van der Waals surface area contributed by atoms with Gasteiger partial charge in [-0.05, 0) is 36.1 Å². The Kier molecular flexibility index (Phi) is 2.99. The maximum absolute atomic E-state index is 6.42. The highest BCUT2D eigenvalue weighted by Gasteiger charge is 2.30. The summed E-state index contributed by atoms with van der Waals surface area (Å²) in [5.41, 5.74) is 15.3. The van der Waals surface area contributed by atoms with Gasteiger partial charge in [0.05, 0.1) is 0 Å². The lowest BCUT2D eigenvalue weighted by Crippen LogP contribution is -2.51. The Morgan fingerprint density at radius 1 is 1.30 bits per heavy atom. The first-order valence-electron chi connectivity index (χ1n) is 6.81. The van der Waals surface area contributed by atoms with Gasteiger partial charge in [0.25, 0.3) is 0 Å². The van der Waals surface area contributed by atoms with Crippen molar-refractivity contribution >= 4 is 16.7 Å². The van der Waals surface area contributed by atoms with Gasteiger partial charge in [-0.1, -0.05) is 19.4 Å². The number of aromatic nitrogens is 1. The maximum atomic E-state index is 6.42. The molecule has 0 saturated carbocycles. The molecule has 0 spiro atoms. The normalized spacial score (nSPS) is 22.3. The lowest BCUT2D eigenvalue weighted by atomic mass is 10.0. The van der Waals surface area contributed by atoms with Crippen LogP contribution in [0.15, 0.2) is 47.2 Å². The number of benzene rings is 1. The largest absolute Gasteiger partial charge is 0.384 e. The van der Waals surface area contributed by atoms with Crippen LogP contribution in [0.2, 0.25) is 0 Å². The molecule has 0 amide bonds. The van der Waals surface area contributed by atoms with Gasteiger partial charge in [0.15, 0.2) is 0 Å². The van der Waals surface area contributed by atoms with Gasteiger partial charge in [-0.2, -0.15) is 0 Å². The van der Waals surface area contributed by atoms with Crippen molar-refractivity contribution in [2.24, 2.45) is 16.5 Å². The smallest absolute Gasteiger partial charge is 0.211 e. The van der Waals surface area contributed by atoms with Gasteiger partial charge in [-0.3, -0.25) is 5.73 Å². The zero-order valence-electron chi connectivity index (χ0n) is 11.5. The van der Waals surface area contributed by atoms with Gasteiger partial charge in [0.1, 0.15) is 5.84 Å². The Hall–Kier alpha value is -2.27. The minimum atomic E-state index is -0.991. The van der Waals surface area contributed by atoms with Crippen LogP contribution in [-0.4, -0.2) is 10.8 Å². The number of rotatable bonds is 3. The van der Waals surface area contributed by atoms with Gasteiger partial charge in [0.2, 0.25) is 5.79 Å². The lowest BCUT2D eigenvalue weighted by Gasteiger charge is -2.32. The van der Waals surface area contributed by atoms with E-state index in [1.807, 2.05) is 36.5 Å². The van der Waals surface area contributed by atoms with Crippen molar-refractivity contribution in [3.05, 3.63) is 47.8 Å². The molecule has 1 aromatic heterocycles. The van der Waals surface area contributed by atoms with Gasteiger partial charge >= 0.3 is 0 Å². The number of aliphatic imine (C=N–C) groups is 1. The van der Waals surface area contributed by atoms with E-state index in [0.717, 1.165) is 35.0 Å². The first-order chi connectivity index (χ1) is 9.60. The zero-order valence-corrected chi connectivity index (χ0v) is 11.5. The average molecular weight is 269 g/mol. The molecule has 104 valence electrons. The summed E-state index contributed by atoms with van der Waals surface area (Å²) in [6.07, 6.45) is 5.69. The number of nitrogens with one attached hydrogen (secondary N) is 2. The Morgan fingerprint density at radius 3 is 2.95 bits per heavy atom. The van der Waals surface area contributed by atoms with Crippen LogP contribution in [0, 0.1) is 0 Å². The summed E-state index contributed by atoms with van der Waals surface area (Å²) in [6, 6.07) is 8.02. The monoisotopic (exact) mass is 269 g/mol. The Bertz CT molecular complexity index is 697. The number of allylic oxidation sites excluding steroid dienone is 1. The summed E-state index contributed by atoms with van der Waals surface area (Å²) in [5, 5.41) is 4.40. The third-order valence-electron chi connectivity index (χ3n) is 3.49. The maximum Gasteiger partial charge on any atom is 0.211 e. The molecule has 0 aliphatic carbocycles. The van der Waals surface area contributed by atoms with Gasteiger partial charge < -0.3 is 16.0 Å². The van der Waals surface area contributed by atoms with Crippen molar-refractivity contribution in [3.63, 3.8) is 0 Å². The van der Waals surface area contributed by atoms with Gasteiger partial charge in [-0.25, -0.2) is 4.99 Å². The van der Waals surface area contributed by atoms with E-state index in [2.05, 4.69) is 22.2 Å². The SMILES string of the molecule is CCCC1=CC(N)=NC(N)(c2ccc3[nH]ccc3c2)N1. The fourth-order valence-electron chi connectivity index (χ4n) is 2.55. The van der Waals surface area contributed by atoms with Crippen LogP contribution < -0.4 is 16.8 Å². The molecular formula is C15H19N5. The van der Waals surface area contributed by atoms with Crippen molar-refractivity contribution in [2.45, 2.75) is 25.6 Å². The minimum absolute atomic E-state index is 0.462. The van der Waals surface area contributed by atoms with Crippen LogP contribution in [-0.2, 0) is 5.79 Å². The van der Waals surface area contributed by atoms with Crippen molar-refractivity contribution in [2.75, 3.05) is 0 Å². The quantitative estimate of drug-likeness (QED) is 0.685. The highest BCUT2D eigenvalue weighted by molar-refractivity contribution is 5.93. The third kappa shape index (κ3) is 2.16. The fourth-order valence-corrected chi connectivity index (χ4v) is 2.55. The number of nitrogens with two attached hydrogens (primary N) is 2. The Balaban J connectivity index is 2.01. The predicted octanol–water partition coefficient (Wildman–Crippen LogP) is 1.88. The molecule has 5 nitrogen and oxygen atoms in total. The number of amidine groups is 1. The molecule has 0 saturated heterocycles. The summed E-state index contributed by atoms with van der Waals surface area (Å²) in [4.78, 5) is 7.55. The standard InChI is InChI=1S/C15H19N5/c1-2-3-12-9-14(16)20-15(17,19-12)11-4-5-13-10(8-11)6-7-18-13/h4-9,18-19H,2-3,17H2,1H3,(H2,16,20). The van der Waals surface area contributed by atoms with E-state index in [1.54, 1.807) is 0 Å². The predicted molar refractivity (Wildman–Crippen MR) is 81.9 cm³/mol. The first-order valence-corrected chi connectivity index (χ1v) is 6.81. The van der Waals surface area contributed by atoms with Gasteiger partial charge in [-0.15, -0.1) is 0 Å². The summed E-state index contributed by atoms with van der Waals surface area (Å²) in [6.45, 7) is 2.12. The topological polar surface area (TPSA) is 92.2 Å². The summed E-state index contributed by atoms with van der Waals surface area (Å²) in [5.74, 6) is -0.529. The number of hydrogen-bond donors (Lipinski definition) is 4. The van der Waals surface area contributed by atoms with Crippen LogP contribution >= 0.6 is 0 Å². The number of fused-ring (bicyclic) bond motifs is 1. The molecule has 1 aliphatic rings. The molecule has 1 unspecified atom stereocenters. The Morgan fingerprint density at radius 2 is 2.15 bits per heavy atom. The van der Waals surface area contributed by atoms with Crippen LogP contribution in [0.25, 0.3) is 10.9 Å². The molecule has 0 fully saturated rings. The average Bonchev–Trinajstić information content (AvgIpc) is 2.85. The number of H-pyrrole nitrogens is 1. The summed E-state index contributed by atoms with van der Waals surface area (Å²) in [7, 11) is 0. The van der Waals surface area contributed by atoms with Crippen molar-refractivity contribution in [3.8, 4) is 0 Å². The third-order valence-corrected chi connectivity index (χ3v) is 3.49. The molecule has 0 bridgehead atoms. The van der Waals surface area contributed by atoms with E-state index in [1.165, 1.54) is 0 Å². The molecule has 1 aliphatic heterocycles. The van der Waals surface area contributed by atoms with E-state index in [0.29, 0.717) is 5.84 Å².